The first-order valence-electron chi connectivity index (χ1n) is 11.5. The van der Waals surface area contributed by atoms with Crippen LogP contribution >= 0.6 is 0 Å². The Bertz CT molecular complexity index is 1280. The number of benzene rings is 2. The quantitative estimate of drug-likeness (QED) is 0.479. The van der Waals surface area contributed by atoms with Gasteiger partial charge in [0.25, 0.3) is 0 Å². The van der Waals surface area contributed by atoms with Crippen molar-refractivity contribution < 1.29 is 24.2 Å². The van der Waals surface area contributed by atoms with Crippen molar-refractivity contribution >= 4 is 23.7 Å². The number of aryl methyl sites for hydroxylation is 1. The Kier molecular flexibility index (Phi) is 5.55. The number of nitrogens with zero attached hydrogens (tertiary/aromatic N) is 2. The lowest BCUT2D eigenvalue weighted by Crippen LogP contribution is -2.56. The van der Waals surface area contributed by atoms with Crippen LogP contribution in [-0.4, -0.2) is 45.0 Å². The van der Waals surface area contributed by atoms with Gasteiger partial charge < -0.3 is 20.5 Å². The van der Waals surface area contributed by atoms with Gasteiger partial charge in [-0.05, 0) is 47.9 Å². The molecule has 9 heteroatoms. The third kappa shape index (κ3) is 4.14. The number of carboxylic acid groups (broad SMARTS) is 1. The number of alkyl carbamates (subject to hydrolysis) is 1. The molecule has 2 aliphatic rings. The Morgan fingerprint density at radius 2 is 1.69 bits per heavy atom. The fraction of sp³-hybridized carbons (Fsp3) is 0.308. The zero-order valence-corrected chi connectivity index (χ0v) is 19.4. The average molecular weight is 475 g/mol. The number of nitrogens with one attached hydrogen (secondary N) is 2. The zero-order chi connectivity index (χ0) is 24.7. The number of carboxylic acids is 1. The molecule has 1 atom stereocenters. The fourth-order valence-electron chi connectivity index (χ4n) is 4.84. The molecule has 1 saturated carbocycles. The Morgan fingerprint density at radius 3 is 2.26 bits per heavy atom. The van der Waals surface area contributed by atoms with Gasteiger partial charge in [-0.15, -0.1) is 0 Å². The maximum absolute atomic E-state index is 13.2. The molecule has 0 aliphatic heterocycles. The molecule has 1 aromatic heterocycles. The van der Waals surface area contributed by atoms with Crippen molar-refractivity contribution in [2.24, 2.45) is 13.0 Å². The van der Waals surface area contributed by atoms with Gasteiger partial charge in [-0.25, -0.2) is 9.59 Å². The first-order chi connectivity index (χ1) is 16.8. The molecule has 9 nitrogen and oxygen atoms in total. The number of aromatic nitrogens is 2. The second kappa shape index (κ2) is 8.57. The molecule has 0 bridgehead atoms. The first kappa shape index (κ1) is 22.6. The predicted molar refractivity (Wildman–Crippen MR) is 128 cm³/mol. The number of fused-ring (bicyclic) bond motifs is 3. The fourth-order valence-corrected chi connectivity index (χ4v) is 4.84. The van der Waals surface area contributed by atoms with Gasteiger partial charge in [-0.2, -0.15) is 5.10 Å². The number of ether oxygens (including phenoxy) is 1. The topological polar surface area (TPSA) is 123 Å². The van der Waals surface area contributed by atoms with Crippen LogP contribution in [0.3, 0.4) is 0 Å². The van der Waals surface area contributed by atoms with E-state index in [2.05, 4.69) is 27.9 Å². The minimum atomic E-state index is -1.26. The normalized spacial score (nSPS) is 16.1. The highest BCUT2D eigenvalue weighted by Crippen LogP contribution is 2.45. The van der Waals surface area contributed by atoms with Crippen LogP contribution in [0, 0.1) is 5.92 Å². The summed E-state index contributed by atoms with van der Waals surface area (Å²) in [5.74, 6) is -1.93. The first-order valence-corrected chi connectivity index (χ1v) is 11.5. The number of carbonyl (C=O) groups excluding carboxylic acids is 2. The van der Waals surface area contributed by atoms with Crippen LogP contribution in [0.4, 0.5) is 10.5 Å². The molecule has 180 valence electrons. The molecule has 2 aromatic carbocycles. The maximum atomic E-state index is 13.2. The Hall–Kier alpha value is -4.14. The summed E-state index contributed by atoms with van der Waals surface area (Å²) in [7, 11) is 1.57. The van der Waals surface area contributed by atoms with Crippen molar-refractivity contribution in [3.05, 3.63) is 71.5 Å². The van der Waals surface area contributed by atoms with E-state index in [9.17, 15) is 19.5 Å². The second-order valence-corrected chi connectivity index (χ2v) is 9.25. The summed E-state index contributed by atoms with van der Waals surface area (Å²) in [6.07, 6.45) is 2.27. The number of hydrogen-bond donors (Lipinski definition) is 3. The number of anilines is 1. The van der Waals surface area contributed by atoms with Crippen LogP contribution in [0.15, 0.2) is 54.7 Å². The lowest BCUT2D eigenvalue weighted by molar-refractivity contribution is -0.122. The van der Waals surface area contributed by atoms with Gasteiger partial charge in [-0.3, -0.25) is 9.48 Å². The summed E-state index contributed by atoms with van der Waals surface area (Å²) < 4.78 is 6.95. The van der Waals surface area contributed by atoms with Gasteiger partial charge in [0, 0.05) is 19.2 Å². The third-order valence-corrected chi connectivity index (χ3v) is 6.85. The van der Waals surface area contributed by atoms with Gasteiger partial charge >= 0.3 is 12.1 Å². The summed E-state index contributed by atoms with van der Waals surface area (Å²) in [4.78, 5) is 37.6. The van der Waals surface area contributed by atoms with E-state index >= 15 is 0 Å². The lowest BCUT2D eigenvalue weighted by atomic mass is 9.94. The summed E-state index contributed by atoms with van der Waals surface area (Å²) in [5.41, 5.74) is 3.01. The van der Waals surface area contributed by atoms with E-state index in [1.165, 1.54) is 10.9 Å². The SMILES string of the molecule is Cn1cc(NC(=O)C(C)(NC(=O)OCC2c3ccccc3-c3ccccc32)C2CC2)c(C(=O)O)n1. The van der Waals surface area contributed by atoms with Crippen LogP contribution in [0.5, 0.6) is 0 Å². The molecular weight excluding hydrogens is 448 g/mol. The summed E-state index contributed by atoms with van der Waals surface area (Å²) >= 11 is 0. The maximum Gasteiger partial charge on any atom is 0.408 e. The van der Waals surface area contributed by atoms with Crippen LogP contribution in [0.25, 0.3) is 11.1 Å². The van der Waals surface area contributed by atoms with Crippen molar-refractivity contribution in [2.75, 3.05) is 11.9 Å². The van der Waals surface area contributed by atoms with E-state index in [1.54, 1.807) is 14.0 Å². The molecule has 2 amide bonds. The Morgan fingerprint density at radius 1 is 1.09 bits per heavy atom. The van der Waals surface area contributed by atoms with E-state index in [0.29, 0.717) is 0 Å². The molecule has 3 aromatic rings. The van der Waals surface area contributed by atoms with E-state index in [-0.39, 0.29) is 29.8 Å². The zero-order valence-electron chi connectivity index (χ0n) is 19.4. The van der Waals surface area contributed by atoms with Crippen molar-refractivity contribution in [1.29, 1.82) is 0 Å². The molecule has 1 unspecified atom stereocenters. The molecule has 1 heterocycles. The van der Waals surface area contributed by atoms with Crippen LogP contribution in [-0.2, 0) is 16.6 Å². The van der Waals surface area contributed by atoms with E-state index in [1.807, 2.05) is 36.4 Å². The molecule has 2 aliphatic carbocycles. The van der Waals surface area contributed by atoms with Gasteiger partial charge in [0.15, 0.2) is 5.69 Å². The van der Waals surface area contributed by atoms with Crippen LogP contribution < -0.4 is 10.6 Å². The second-order valence-electron chi connectivity index (χ2n) is 9.25. The van der Waals surface area contributed by atoms with Gasteiger partial charge in [-0.1, -0.05) is 48.5 Å². The molecular formula is C26H26N4O5. The summed E-state index contributed by atoms with van der Waals surface area (Å²) in [5, 5.41) is 18.6. The monoisotopic (exact) mass is 474 g/mol. The average Bonchev–Trinajstić information content (AvgIpc) is 3.56. The van der Waals surface area contributed by atoms with E-state index in [0.717, 1.165) is 35.1 Å². The van der Waals surface area contributed by atoms with Crippen LogP contribution in [0.2, 0.25) is 0 Å². The van der Waals surface area contributed by atoms with Gasteiger partial charge in [0.05, 0.1) is 5.69 Å². The molecule has 35 heavy (non-hydrogen) atoms. The molecule has 5 rings (SSSR count). The Labute approximate surface area is 202 Å². The largest absolute Gasteiger partial charge is 0.476 e. The highest BCUT2D eigenvalue weighted by atomic mass is 16.5. The van der Waals surface area contributed by atoms with Crippen LogP contribution in [0.1, 0.15) is 47.3 Å². The smallest absolute Gasteiger partial charge is 0.408 e. The molecule has 3 N–H and O–H groups in total. The lowest BCUT2D eigenvalue weighted by Gasteiger charge is -2.29. The minimum Gasteiger partial charge on any atom is -0.476 e. The molecule has 0 spiro atoms. The number of carbonyl (C=O) groups is 3. The van der Waals surface area contributed by atoms with Gasteiger partial charge in [0.1, 0.15) is 12.1 Å². The van der Waals surface area contributed by atoms with E-state index < -0.39 is 23.5 Å². The van der Waals surface area contributed by atoms with Crippen molar-refractivity contribution in [3.63, 3.8) is 0 Å². The van der Waals surface area contributed by atoms with Crippen molar-refractivity contribution in [2.45, 2.75) is 31.2 Å². The molecule has 0 radical (unpaired) electrons. The van der Waals surface area contributed by atoms with Crippen molar-refractivity contribution in [1.82, 2.24) is 15.1 Å². The molecule has 1 fully saturated rings. The molecule has 0 saturated heterocycles. The highest BCUT2D eigenvalue weighted by molar-refractivity contribution is 6.04. The summed E-state index contributed by atoms with van der Waals surface area (Å²) in [6, 6.07) is 16.1. The number of amides is 2. The highest BCUT2D eigenvalue weighted by Gasteiger charge is 2.49. The number of hydrogen-bond acceptors (Lipinski definition) is 5. The third-order valence-electron chi connectivity index (χ3n) is 6.85. The number of aromatic carboxylic acids is 1. The van der Waals surface area contributed by atoms with Gasteiger partial charge in [0.2, 0.25) is 5.91 Å². The standard InChI is InChI=1S/C26H26N4O5/c1-26(15-11-12-15,24(33)27-21-13-30(2)29-22(21)23(31)32)28-25(34)35-14-20-18-9-5-3-7-16(18)17-8-4-6-10-19(17)20/h3-10,13,15,20H,11-12,14H2,1-2H3,(H,27,33)(H,28,34)(H,31,32). The minimum absolute atomic E-state index is 0.0752. The predicted octanol–water partition coefficient (Wildman–Crippen LogP) is 3.76. The number of rotatable bonds is 7. The summed E-state index contributed by atoms with van der Waals surface area (Å²) in [6.45, 7) is 1.77. The Balaban J connectivity index is 1.30. The van der Waals surface area contributed by atoms with Crippen molar-refractivity contribution in [3.8, 4) is 11.1 Å². The van der Waals surface area contributed by atoms with E-state index in [4.69, 9.17) is 4.74 Å².